The molecule has 0 aliphatic carbocycles. The molecule has 2 rings (SSSR count). The third kappa shape index (κ3) is 3.37. The summed E-state index contributed by atoms with van der Waals surface area (Å²) < 4.78 is 1.64. The van der Waals surface area contributed by atoms with Gasteiger partial charge in [-0.2, -0.15) is 0 Å². The molecule has 0 fully saturated rings. The van der Waals surface area contributed by atoms with Gasteiger partial charge >= 0.3 is 0 Å². The van der Waals surface area contributed by atoms with Gasteiger partial charge in [0.2, 0.25) is 0 Å². The van der Waals surface area contributed by atoms with Crippen molar-refractivity contribution in [3.8, 4) is 0 Å². The predicted octanol–water partition coefficient (Wildman–Crippen LogP) is 3.00. The van der Waals surface area contributed by atoms with Gasteiger partial charge in [0.15, 0.2) is 0 Å². The Morgan fingerprint density at radius 2 is 2.06 bits per heavy atom. The summed E-state index contributed by atoms with van der Waals surface area (Å²) in [7, 11) is 0. The first-order valence-corrected chi connectivity index (χ1v) is 6.95. The van der Waals surface area contributed by atoms with Gasteiger partial charge in [-0.3, -0.25) is 9.36 Å². The second-order valence-corrected chi connectivity index (χ2v) is 5.33. The quantitative estimate of drug-likeness (QED) is 0.638. The zero-order chi connectivity index (χ0) is 13.0. The van der Waals surface area contributed by atoms with E-state index in [0.29, 0.717) is 12.4 Å². The number of benzene rings is 1. The first-order valence-electron chi connectivity index (χ1n) is 5.58. The molecule has 5 heteroatoms. The Labute approximate surface area is 115 Å². The van der Waals surface area contributed by atoms with Gasteiger partial charge in [0.05, 0.1) is 0 Å². The van der Waals surface area contributed by atoms with E-state index in [2.05, 4.69) is 17.1 Å². The van der Waals surface area contributed by atoms with E-state index in [9.17, 15) is 4.79 Å². The van der Waals surface area contributed by atoms with Crippen LogP contribution in [-0.2, 0) is 6.54 Å². The number of nitrogens with zero attached hydrogens (tertiary/aromatic N) is 2. The second kappa shape index (κ2) is 6.07. The highest BCUT2D eigenvalue weighted by Gasteiger charge is 2.03. The van der Waals surface area contributed by atoms with Crippen LogP contribution in [-0.4, -0.2) is 15.3 Å². The van der Waals surface area contributed by atoms with Gasteiger partial charge in [-0.25, -0.2) is 4.98 Å². The van der Waals surface area contributed by atoms with Gasteiger partial charge in [-0.1, -0.05) is 29.8 Å². The summed E-state index contributed by atoms with van der Waals surface area (Å²) in [5, 5.41) is 0.254. The number of hydrogen-bond acceptors (Lipinski definition) is 3. The van der Waals surface area contributed by atoms with Crippen LogP contribution in [0.25, 0.3) is 0 Å². The maximum absolute atomic E-state index is 11.7. The molecular weight excluding hydrogens is 268 g/mol. The Morgan fingerprint density at radius 1 is 1.33 bits per heavy atom. The maximum atomic E-state index is 11.7. The number of halogens is 1. The molecule has 1 heterocycles. The Balaban J connectivity index is 2.01. The summed E-state index contributed by atoms with van der Waals surface area (Å²) in [6, 6.07) is 11.5. The lowest BCUT2D eigenvalue weighted by molar-refractivity contribution is 0.681. The lowest BCUT2D eigenvalue weighted by Gasteiger charge is -2.08. The van der Waals surface area contributed by atoms with E-state index >= 15 is 0 Å². The highest BCUT2D eigenvalue weighted by Crippen LogP contribution is 2.17. The fourth-order valence-corrected chi connectivity index (χ4v) is 2.70. The molecule has 0 bridgehead atoms. The minimum atomic E-state index is -0.0961. The molecule has 94 valence electrons. The average molecular weight is 281 g/mol. The van der Waals surface area contributed by atoms with Gasteiger partial charge in [-0.05, 0) is 19.1 Å². The van der Waals surface area contributed by atoms with Crippen LogP contribution >= 0.6 is 23.4 Å². The molecule has 0 amide bonds. The molecule has 0 radical (unpaired) electrons. The van der Waals surface area contributed by atoms with E-state index < -0.39 is 0 Å². The summed E-state index contributed by atoms with van der Waals surface area (Å²) >= 11 is 7.44. The highest BCUT2D eigenvalue weighted by atomic mass is 35.5. The Bertz CT molecular complexity index is 583. The molecule has 0 spiro atoms. The smallest absolute Gasteiger partial charge is 0.255 e. The molecule has 18 heavy (non-hydrogen) atoms. The van der Waals surface area contributed by atoms with E-state index in [1.165, 1.54) is 11.0 Å². The lowest BCUT2D eigenvalue weighted by atomic mass is 10.4. The van der Waals surface area contributed by atoms with Crippen LogP contribution in [0.2, 0.25) is 5.15 Å². The maximum Gasteiger partial charge on any atom is 0.255 e. The molecule has 0 N–H and O–H groups in total. The van der Waals surface area contributed by atoms with Crippen molar-refractivity contribution in [3.05, 3.63) is 57.7 Å². The standard InChI is InChI=1S/C13H13ClN2OS/c1-10-15-12(14)9-13(17)16(10)7-8-18-11-5-3-2-4-6-11/h2-6,9H,7-8H2,1H3. The molecule has 0 aliphatic heterocycles. The van der Waals surface area contributed by atoms with Crippen LogP contribution in [0, 0.1) is 6.92 Å². The molecule has 2 aromatic rings. The molecule has 0 atom stereocenters. The van der Waals surface area contributed by atoms with Crippen molar-refractivity contribution >= 4 is 23.4 Å². The van der Waals surface area contributed by atoms with Gasteiger partial charge in [0, 0.05) is 23.3 Å². The summed E-state index contributed by atoms with van der Waals surface area (Å²) in [6.07, 6.45) is 0. The summed E-state index contributed by atoms with van der Waals surface area (Å²) in [6.45, 7) is 2.43. The number of aromatic nitrogens is 2. The third-order valence-corrected chi connectivity index (χ3v) is 3.68. The van der Waals surface area contributed by atoms with E-state index in [1.807, 2.05) is 18.2 Å². The van der Waals surface area contributed by atoms with Crippen molar-refractivity contribution in [1.82, 2.24) is 9.55 Å². The SMILES string of the molecule is Cc1nc(Cl)cc(=O)n1CCSc1ccccc1. The number of thioether (sulfide) groups is 1. The van der Waals surface area contributed by atoms with Crippen molar-refractivity contribution in [2.45, 2.75) is 18.4 Å². The van der Waals surface area contributed by atoms with Crippen molar-refractivity contribution in [3.63, 3.8) is 0 Å². The van der Waals surface area contributed by atoms with Crippen LogP contribution in [0.1, 0.15) is 5.82 Å². The van der Waals surface area contributed by atoms with Crippen LogP contribution in [0.3, 0.4) is 0 Å². The third-order valence-electron chi connectivity index (χ3n) is 2.49. The zero-order valence-corrected chi connectivity index (χ0v) is 11.5. The molecular formula is C13H13ClN2OS. The number of rotatable bonds is 4. The first-order chi connectivity index (χ1) is 8.66. The van der Waals surface area contributed by atoms with Gasteiger partial charge in [-0.15, -0.1) is 11.8 Å². The second-order valence-electron chi connectivity index (χ2n) is 3.78. The lowest BCUT2D eigenvalue weighted by Crippen LogP contribution is -2.23. The highest BCUT2D eigenvalue weighted by molar-refractivity contribution is 7.99. The monoisotopic (exact) mass is 280 g/mol. The molecule has 3 nitrogen and oxygen atoms in total. The first kappa shape index (κ1) is 13.2. The van der Waals surface area contributed by atoms with Crippen molar-refractivity contribution in [2.75, 3.05) is 5.75 Å². The fraction of sp³-hybridized carbons (Fsp3) is 0.231. The summed E-state index contributed by atoms with van der Waals surface area (Å²) in [4.78, 5) is 17.0. The van der Waals surface area contributed by atoms with Gasteiger partial charge < -0.3 is 0 Å². The Kier molecular flexibility index (Phi) is 4.44. The van der Waals surface area contributed by atoms with Gasteiger partial charge in [0.25, 0.3) is 5.56 Å². The normalized spacial score (nSPS) is 10.6. The van der Waals surface area contributed by atoms with E-state index in [0.717, 1.165) is 5.75 Å². The van der Waals surface area contributed by atoms with Crippen molar-refractivity contribution in [1.29, 1.82) is 0 Å². The Hall–Kier alpha value is -1.26. The molecule has 0 unspecified atom stereocenters. The Morgan fingerprint density at radius 3 is 2.72 bits per heavy atom. The van der Waals surface area contributed by atoms with Crippen molar-refractivity contribution < 1.29 is 0 Å². The zero-order valence-electron chi connectivity index (χ0n) is 9.97. The molecule has 1 aromatic carbocycles. The van der Waals surface area contributed by atoms with E-state index in [-0.39, 0.29) is 10.7 Å². The van der Waals surface area contributed by atoms with Crippen molar-refractivity contribution in [2.24, 2.45) is 0 Å². The minimum absolute atomic E-state index is 0.0961. The van der Waals surface area contributed by atoms with E-state index in [1.54, 1.807) is 23.3 Å². The van der Waals surface area contributed by atoms with Gasteiger partial charge in [0.1, 0.15) is 11.0 Å². The number of hydrogen-bond donors (Lipinski definition) is 0. The summed E-state index contributed by atoms with van der Waals surface area (Å²) in [5.74, 6) is 1.48. The molecule has 1 aromatic heterocycles. The minimum Gasteiger partial charge on any atom is -0.296 e. The van der Waals surface area contributed by atoms with Crippen LogP contribution in [0.5, 0.6) is 0 Å². The molecule has 0 aliphatic rings. The van der Waals surface area contributed by atoms with E-state index in [4.69, 9.17) is 11.6 Å². The fourth-order valence-electron chi connectivity index (χ4n) is 1.63. The number of aryl methyl sites for hydroxylation is 1. The van der Waals surface area contributed by atoms with Crippen LogP contribution < -0.4 is 5.56 Å². The average Bonchev–Trinajstić information content (AvgIpc) is 2.34. The predicted molar refractivity (Wildman–Crippen MR) is 75.4 cm³/mol. The summed E-state index contributed by atoms with van der Waals surface area (Å²) in [5.41, 5.74) is -0.0961. The topological polar surface area (TPSA) is 34.9 Å². The largest absolute Gasteiger partial charge is 0.296 e. The molecule has 0 saturated heterocycles. The molecule has 0 saturated carbocycles. The van der Waals surface area contributed by atoms with Crippen LogP contribution in [0.15, 0.2) is 46.1 Å². The van der Waals surface area contributed by atoms with Crippen LogP contribution in [0.4, 0.5) is 0 Å².